The summed E-state index contributed by atoms with van der Waals surface area (Å²) < 4.78 is 0. The molecule has 0 radical (unpaired) electrons. The highest BCUT2D eigenvalue weighted by molar-refractivity contribution is 5.80. The Bertz CT molecular complexity index is 511. The van der Waals surface area contributed by atoms with Crippen LogP contribution < -0.4 is 20.9 Å². The molecule has 1 aromatic heterocycles. The van der Waals surface area contributed by atoms with Gasteiger partial charge < -0.3 is 20.9 Å². The van der Waals surface area contributed by atoms with Crippen LogP contribution in [0.3, 0.4) is 0 Å². The topological polar surface area (TPSA) is 95.1 Å². The number of carbonyl (C=O) groups is 1. The average Bonchev–Trinajstić information content (AvgIpc) is 3.14. The third-order valence-electron chi connectivity index (χ3n) is 3.59. The first-order valence-electron chi connectivity index (χ1n) is 7.46. The van der Waals surface area contributed by atoms with Crippen molar-refractivity contribution in [2.75, 3.05) is 42.2 Å². The van der Waals surface area contributed by atoms with Gasteiger partial charge in [0.05, 0.1) is 6.54 Å². The van der Waals surface area contributed by atoms with Gasteiger partial charge in [-0.15, -0.1) is 0 Å². The van der Waals surface area contributed by atoms with Crippen molar-refractivity contribution < 1.29 is 4.79 Å². The van der Waals surface area contributed by atoms with Gasteiger partial charge in [0.1, 0.15) is 0 Å². The number of amides is 1. The van der Waals surface area contributed by atoms with Crippen LogP contribution in [0, 0.1) is 0 Å². The van der Waals surface area contributed by atoms with Gasteiger partial charge in [-0.2, -0.15) is 15.0 Å². The molecule has 0 bridgehead atoms. The number of carbonyl (C=O) groups excluding carboxylic acids is 1. The molecule has 2 aliphatic rings. The Morgan fingerprint density at radius 2 is 1.90 bits per heavy atom. The van der Waals surface area contributed by atoms with Gasteiger partial charge in [0.2, 0.25) is 23.8 Å². The maximum Gasteiger partial charge on any atom is 0.239 e. The number of rotatable bonds is 6. The van der Waals surface area contributed by atoms with Gasteiger partial charge in [0, 0.05) is 26.2 Å². The van der Waals surface area contributed by atoms with E-state index in [4.69, 9.17) is 0 Å². The number of hydrogen-bond donors (Lipinski definition) is 3. The van der Waals surface area contributed by atoms with E-state index in [0.29, 0.717) is 23.9 Å². The highest BCUT2D eigenvalue weighted by Gasteiger charge is 2.23. The van der Waals surface area contributed by atoms with E-state index in [-0.39, 0.29) is 12.5 Å². The number of hydrogen-bond acceptors (Lipinski definition) is 7. The summed E-state index contributed by atoms with van der Waals surface area (Å²) in [5.74, 6) is 1.59. The molecular formula is C13H21N7O. The maximum absolute atomic E-state index is 11.7. The lowest BCUT2D eigenvalue weighted by Gasteiger charge is -2.16. The molecule has 8 heteroatoms. The zero-order valence-corrected chi connectivity index (χ0v) is 12.2. The molecule has 0 unspecified atom stereocenters. The summed E-state index contributed by atoms with van der Waals surface area (Å²) in [4.78, 5) is 26.8. The highest BCUT2D eigenvalue weighted by Crippen LogP contribution is 2.19. The summed E-state index contributed by atoms with van der Waals surface area (Å²) in [7, 11) is 1.77. The Morgan fingerprint density at radius 1 is 1.19 bits per heavy atom. The van der Waals surface area contributed by atoms with Crippen LogP contribution in [0.2, 0.25) is 0 Å². The van der Waals surface area contributed by atoms with Crippen molar-refractivity contribution >= 4 is 23.8 Å². The molecule has 2 heterocycles. The number of anilines is 3. The van der Waals surface area contributed by atoms with E-state index in [1.807, 2.05) is 0 Å². The van der Waals surface area contributed by atoms with Crippen molar-refractivity contribution in [3.05, 3.63) is 0 Å². The summed E-state index contributed by atoms with van der Waals surface area (Å²) in [5, 5.41) is 8.83. The van der Waals surface area contributed by atoms with Crippen molar-refractivity contribution in [2.45, 2.75) is 31.7 Å². The van der Waals surface area contributed by atoms with Crippen LogP contribution in [0.5, 0.6) is 0 Å². The fraction of sp³-hybridized carbons (Fsp3) is 0.692. The molecule has 3 rings (SSSR count). The van der Waals surface area contributed by atoms with Gasteiger partial charge >= 0.3 is 0 Å². The first-order valence-corrected chi connectivity index (χ1v) is 7.46. The largest absolute Gasteiger partial charge is 0.357 e. The minimum absolute atomic E-state index is 0.0216. The SMILES string of the molecule is CNc1nc(NCC(=O)NC2CC2)nc(N2CCCC2)n1. The van der Waals surface area contributed by atoms with E-state index in [1.54, 1.807) is 7.05 Å². The van der Waals surface area contributed by atoms with Gasteiger partial charge in [-0.1, -0.05) is 0 Å². The Morgan fingerprint density at radius 3 is 2.57 bits per heavy atom. The van der Waals surface area contributed by atoms with E-state index in [0.717, 1.165) is 38.8 Å². The number of nitrogens with one attached hydrogen (secondary N) is 3. The van der Waals surface area contributed by atoms with Crippen LogP contribution in [0.1, 0.15) is 25.7 Å². The lowest BCUT2D eigenvalue weighted by Crippen LogP contribution is -2.32. The summed E-state index contributed by atoms with van der Waals surface area (Å²) >= 11 is 0. The van der Waals surface area contributed by atoms with Gasteiger partial charge in [-0.25, -0.2) is 0 Å². The molecule has 2 fully saturated rings. The quantitative estimate of drug-likeness (QED) is 0.689. The lowest BCUT2D eigenvalue weighted by atomic mass is 10.4. The Kier molecular flexibility index (Phi) is 4.03. The second-order valence-corrected chi connectivity index (χ2v) is 5.42. The molecule has 1 saturated carbocycles. The molecule has 1 saturated heterocycles. The van der Waals surface area contributed by atoms with Crippen LogP contribution in [0.4, 0.5) is 17.8 Å². The number of aromatic nitrogens is 3. The Balaban J connectivity index is 1.64. The van der Waals surface area contributed by atoms with Crippen molar-refractivity contribution in [3.63, 3.8) is 0 Å². The minimum Gasteiger partial charge on any atom is -0.357 e. The lowest BCUT2D eigenvalue weighted by molar-refractivity contribution is -0.119. The van der Waals surface area contributed by atoms with Crippen molar-refractivity contribution in [1.29, 1.82) is 0 Å². The monoisotopic (exact) mass is 291 g/mol. The maximum atomic E-state index is 11.7. The predicted molar refractivity (Wildman–Crippen MR) is 80.5 cm³/mol. The van der Waals surface area contributed by atoms with E-state index < -0.39 is 0 Å². The summed E-state index contributed by atoms with van der Waals surface area (Å²) in [6.45, 7) is 2.12. The molecule has 0 aromatic carbocycles. The smallest absolute Gasteiger partial charge is 0.239 e. The van der Waals surface area contributed by atoms with E-state index >= 15 is 0 Å². The fourth-order valence-electron chi connectivity index (χ4n) is 2.28. The second kappa shape index (κ2) is 6.11. The second-order valence-electron chi connectivity index (χ2n) is 5.42. The third-order valence-corrected chi connectivity index (χ3v) is 3.59. The molecule has 21 heavy (non-hydrogen) atoms. The van der Waals surface area contributed by atoms with E-state index in [1.165, 1.54) is 0 Å². The zero-order chi connectivity index (χ0) is 14.7. The Labute approximate surface area is 123 Å². The first-order chi connectivity index (χ1) is 10.2. The van der Waals surface area contributed by atoms with Crippen LogP contribution in [-0.2, 0) is 4.79 Å². The molecule has 114 valence electrons. The van der Waals surface area contributed by atoms with Gasteiger partial charge in [0.15, 0.2) is 0 Å². The van der Waals surface area contributed by atoms with Gasteiger partial charge in [0.25, 0.3) is 0 Å². The minimum atomic E-state index is -0.0216. The van der Waals surface area contributed by atoms with Gasteiger partial charge in [-0.05, 0) is 25.7 Å². The molecule has 1 aromatic rings. The summed E-state index contributed by atoms with van der Waals surface area (Å²) in [5.41, 5.74) is 0. The zero-order valence-electron chi connectivity index (χ0n) is 12.2. The normalized spacial score (nSPS) is 17.7. The molecule has 1 aliphatic carbocycles. The summed E-state index contributed by atoms with van der Waals surface area (Å²) in [6, 6.07) is 0.366. The van der Waals surface area contributed by atoms with Crippen molar-refractivity contribution in [1.82, 2.24) is 20.3 Å². The molecule has 0 spiro atoms. The predicted octanol–water partition coefficient (Wildman–Crippen LogP) is 0.204. The standard InChI is InChI=1S/C13H21N7O/c1-14-11-17-12(15-8-10(21)16-9-4-5-9)19-13(18-11)20-6-2-3-7-20/h9H,2-8H2,1H3,(H,16,21)(H2,14,15,17,18,19). The van der Waals surface area contributed by atoms with E-state index in [9.17, 15) is 4.79 Å². The molecular weight excluding hydrogens is 270 g/mol. The van der Waals surface area contributed by atoms with Crippen LogP contribution in [0.15, 0.2) is 0 Å². The highest BCUT2D eigenvalue weighted by atomic mass is 16.2. The molecule has 3 N–H and O–H groups in total. The summed E-state index contributed by atoms with van der Waals surface area (Å²) in [6.07, 6.45) is 4.49. The van der Waals surface area contributed by atoms with Crippen LogP contribution in [-0.4, -0.2) is 53.6 Å². The first kappa shape index (κ1) is 13.8. The average molecular weight is 291 g/mol. The van der Waals surface area contributed by atoms with Crippen LogP contribution in [0.25, 0.3) is 0 Å². The molecule has 0 atom stereocenters. The molecule has 1 amide bonds. The molecule has 8 nitrogen and oxygen atoms in total. The fourth-order valence-corrected chi connectivity index (χ4v) is 2.28. The third kappa shape index (κ3) is 3.71. The van der Waals surface area contributed by atoms with Crippen molar-refractivity contribution in [2.24, 2.45) is 0 Å². The van der Waals surface area contributed by atoms with E-state index in [2.05, 4.69) is 35.8 Å². The van der Waals surface area contributed by atoms with Crippen LogP contribution >= 0.6 is 0 Å². The molecule has 1 aliphatic heterocycles. The van der Waals surface area contributed by atoms with Gasteiger partial charge in [-0.3, -0.25) is 4.79 Å². The number of nitrogens with zero attached hydrogens (tertiary/aromatic N) is 4. The Hall–Kier alpha value is -2.12. The van der Waals surface area contributed by atoms with Crippen molar-refractivity contribution in [3.8, 4) is 0 Å².